The maximum Gasteiger partial charge on any atom is 0.146 e. The van der Waals surface area contributed by atoms with Gasteiger partial charge in [0.2, 0.25) is 0 Å². The van der Waals surface area contributed by atoms with E-state index in [1.165, 1.54) is 12.1 Å². The molecule has 1 aliphatic heterocycles. The molecule has 2 nitrogen and oxygen atoms in total. The van der Waals surface area contributed by atoms with Crippen LogP contribution in [0, 0.1) is 5.82 Å². The van der Waals surface area contributed by atoms with Gasteiger partial charge in [-0.05, 0) is 29.8 Å². The minimum Gasteiger partial charge on any atom is -0.482 e. The molecule has 5 heteroatoms. The van der Waals surface area contributed by atoms with Crippen molar-refractivity contribution >= 4 is 28.9 Å². The molecule has 1 heterocycles. The van der Waals surface area contributed by atoms with Gasteiger partial charge >= 0.3 is 0 Å². The summed E-state index contributed by atoms with van der Waals surface area (Å²) in [6.45, 7) is 0.594. The molecule has 1 atom stereocenters. The maximum absolute atomic E-state index is 13.2. The van der Waals surface area contributed by atoms with Gasteiger partial charge in [0.25, 0.3) is 0 Å². The molecule has 1 unspecified atom stereocenters. The summed E-state index contributed by atoms with van der Waals surface area (Å²) < 4.78 is 19.0. The molecule has 2 aromatic rings. The van der Waals surface area contributed by atoms with Crippen LogP contribution in [-0.2, 0) is 0 Å². The summed E-state index contributed by atoms with van der Waals surface area (Å²) in [5.41, 5.74) is 1.69. The fourth-order valence-electron chi connectivity index (χ4n) is 2.04. The number of hydrogen-bond acceptors (Lipinski definition) is 2. The van der Waals surface area contributed by atoms with E-state index < -0.39 is 0 Å². The molecule has 2 aromatic carbocycles. The summed E-state index contributed by atoms with van der Waals surface area (Å²) in [4.78, 5) is 0. The number of rotatable bonds is 1. The van der Waals surface area contributed by atoms with E-state index in [1.807, 2.05) is 6.07 Å². The number of halogens is 3. The van der Waals surface area contributed by atoms with E-state index >= 15 is 0 Å². The molecule has 1 aliphatic rings. The van der Waals surface area contributed by atoms with Crippen molar-refractivity contribution in [3.63, 3.8) is 0 Å². The van der Waals surface area contributed by atoms with E-state index in [-0.39, 0.29) is 11.9 Å². The van der Waals surface area contributed by atoms with Crippen LogP contribution in [-0.4, -0.2) is 6.54 Å². The Morgan fingerprint density at radius 3 is 2.74 bits per heavy atom. The summed E-state index contributed by atoms with van der Waals surface area (Å²) in [6.07, 6.45) is -0.218. The molecule has 1 N–H and O–H groups in total. The summed E-state index contributed by atoms with van der Waals surface area (Å²) in [5, 5.41) is 4.18. The quantitative estimate of drug-likeness (QED) is 0.825. The summed E-state index contributed by atoms with van der Waals surface area (Å²) in [7, 11) is 0. The number of nitrogens with one attached hydrogen (secondary N) is 1. The Bertz CT molecular complexity index is 633. The van der Waals surface area contributed by atoms with Crippen LogP contribution in [0.15, 0.2) is 36.4 Å². The molecule has 0 saturated heterocycles. The topological polar surface area (TPSA) is 21.3 Å². The SMILES string of the molecule is Fc1ccc2c(c1)OC(c1ccc(Cl)c(Cl)c1)CN2. The van der Waals surface area contributed by atoms with Crippen LogP contribution in [0.5, 0.6) is 5.75 Å². The third-order valence-electron chi connectivity index (χ3n) is 3.01. The highest BCUT2D eigenvalue weighted by molar-refractivity contribution is 6.42. The maximum atomic E-state index is 13.2. The van der Waals surface area contributed by atoms with E-state index in [2.05, 4.69) is 5.32 Å². The first-order valence-electron chi connectivity index (χ1n) is 5.78. The van der Waals surface area contributed by atoms with Crippen LogP contribution < -0.4 is 10.1 Å². The van der Waals surface area contributed by atoms with Crippen molar-refractivity contribution in [2.45, 2.75) is 6.10 Å². The Kier molecular flexibility index (Phi) is 3.25. The van der Waals surface area contributed by atoms with Gasteiger partial charge in [0.15, 0.2) is 0 Å². The standard InChI is InChI=1S/C14H10Cl2FNO/c15-10-3-1-8(5-11(10)16)14-7-18-12-4-2-9(17)6-13(12)19-14/h1-6,14,18H,7H2. The van der Waals surface area contributed by atoms with Crippen molar-refractivity contribution in [3.05, 3.63) is 57.8 Å². The van der Waals surface area contributed by atoms with Crippen LogP contribution in [0.3, 0.4) is 0 Å². The molecule has 0 fully saturated rings. The van der Waals surface area contributed by atoms with Crippen molar-refractivity contribution in [1.82, 2.24) is 0 Å². The fraction of sp³-hybridized carbons (Fsp3) is 0.143. The lowest BCUT2D eigenvalue weighted by Crippen LogP contribution is -2.23. The monoisotopic (exact) mass is 297 g/mol. The number of benzene rings is 2. The van der Waals surface area contributed by atoms with Crippen LogP contribution in [0.2, 0.25) is 10.0 Å². The third-order valence-corrected chi connectivity index (χ3v) is 3.75. The van der Waals surface area contributed by atoms with Gasteiger partial charge < -0.3 is 10.1 Å². The highest BCUT2D eigenvalue weighted by Gasteiger charge is 2.21. The predicted octanol–water partition coefficient (Wildman–Crippen LogP) is 4.68. The van der Waals surface area contributed by atoms with Gasteiger partial charge in [0.05, 0.1) is 22.3 Å². The Balaban J connectivity index is 1.90. The second-order valence-corrected chi connectivity index (χ2v) is 5.12. The zero-order valence-electron chi connectivity index (χ0n) is 9.79. The molecule has 3 rings (SSSR count). The molecule has 0 saturated carbocycles. The molecule has 0 amide bonds. The molecular weight excluding hydrogens is 288 g/mol. The van der Waals surface area contributed by atoms with Crippen LogP contribution >= 0.6 is 23.2 Å². The first-order valence-corrected chi connectivity index (χ1v) is 6.54. The summed E-state index contributed by atoms with van der Waals surface area (Å²) in [6, 6.07) is 9.77. The van der Waals surface area contributed by atoms with Gasteiger partial charge in [-0.1, -0.05) is 29.3 Å². The van der Waals surface area contributed by atoms with Crippen molar-refractivity contribution in [2.24, 2.45) is 0 Å². The molecule has 0 bridgehead atoms. The fourth-order valence-corrected chi connectivity index (χ4v) is 2.34. The lowest BCUT2D eigenvalue weighted by Gasteiger charge is -2.27. The van der Waals surface area contributed by atoms with Crippen molar-refractivity contribution in [1.29, 1.82) is 0 Å². The van der Waals surface area contributed by atoms with Crippen molar-refractivity contribution in [2.75, 3.05) is 11.9 Å². The van der Waals surface area contributed by atoms with E-state index in [9.17, 15) is 4.39 Å². The van der Waals surface area contributed by atoms with Crippen LogP contribution in [0.1, 0.15) is 11.7 Å². The highest BCUT2D eigenvalue weighted by atomic mass is 35.5. The van der Waals surface area contributed by atoms with Gasteiger partial charge in [-0.2, -0.15) is 0 Å². The molecular formula is C14H10Cl2FNO. The largest absolute Gasteiger partial charge is 0.482 e. The molecule has 0 radical (unpaired) electrons. The van der Waals surface area contributed by atoms with Gasteiger partial charge in [-0.15, -0.1) is 0 Å². The van der Waals surface area contributed by atoms with E-state index in [0.717, 1.165) is 11.3 Å². The zero-order chi connectivity index (χ0) is 13.4. The van der Waals surface area contributed by atoms with Crippen molar-refractivity contribution < 1.29 is 9.13 Å². The van der Waals surface area contributed by atoms with E-state index in [4.69, 9.17) is 27.9 Å². The normalized spacial score (nSPS) is 17.3. The lowest BCUT2D eigenvalue weighted by atomic mass is 10.1. The van der Waals surface area contributed by atoms with Gasteiger partial charge in [-0.25, -0.2) is 4.39 Å². The number of hydrogen-bond donors (Lipinski definition) is 1. The Labute approximate surface area is 120 Å². The van der Waals surface area contributed by atoms with E-state index in [0.29, 0.717) is 22.3 Å². The smallest absolute Gasteiger partial charge is 0.146 e. The number of fused-ring (bicyclic) bond motifs is 1. The number of ether oxygens (including phenoxy) is 1. The number of anilines is 1. The third kappa shape index (κ3) is 2.48. The average molecular weight is 298 g/mol. The predicted molar refractivity (Wildman–Crippen MR) is 74.7 cm³/mol. The van der Waals surface area contributed by atoms with Crippen LogP contribution in [0.4, 0.5) is 10.1 Å². The second-order valence-electron chi connectivity index (χ2n) is 4.30. The second kappa shape index (κ2) is 4.91. The highest BCUT2D eigenvalue weighted by Crippen LogP contribution is 2.36. The molecule has 0 aliphatic carbocycles. The summed E-state index contributed by atoms with van der Waals surface area (Å²) >= 11 is 11.9. The zero-order valence-corrected chi connectivity index (χ0v) is 11.3. The van der Waals surface area contributed by atoms with Gasteiger partial charge in [0, 0.05) is 6.07 Å². The molecule has 0 aromatic heterocycles. The molecule has 19 heavy (non-hydrogen) atoms. The summed E-state index contributed by atoms with van der Waals surface area (Å²) in [5.74, 6) is 0.178. The minimum atomic E-state index is -0.324. The van der Waals surface area contributed by atoms with Crippen LogP contribution in [0.25, 0.3) is 0 Å². The van der Waals surface area contributed by atoms with Gasteiger partial charge in [-0.3, -0.25) is 0 Å². The first kappa shape index (κ1) is 12.6. The van der Waals surface area contributed by atoms with Crippen molar-refractivity contribution in [3.8, 4) is 5.75 Å². The average Bonchev–Trinajstić information content (AvgIpc) is 2.41. The lowest BCUT2D eigenvalue weighted by molar-refractivity contribution is 0.209. The van der Waals surface area contributed by atoms with E-state index in [1.54, 1.807) is 18.2 Å². The minimum absolute atomic E-state index is 0.218. The Morgan fingerprint density at radius 2 is 1.95 bits per heavy atom. The molecule has 0 spiro atoms. The first-order chi connectivity index (χ1) is 9.13. The van der Waals surface area contributed by atoms with Gasteiger partial charge in [0.1, 0.15) is 17.7 Å². The Hall–Kier alpha value is -1.45. The Morgan fingerprint density at radius 1 is 1.11 bits per heavy atom. The molecule has 98 valence electrons.